The van der Waals surface area contributed by atoms with Gasteiger partial charge in [-0.1, -0.05) is 18.2 Å². The van der Waals surface area contributed by atoms with Gasteiger partial charge in [-0.3, -0.25) is 0 Å². The molecule has 2 heterocycles. The minimum atomic E-state index is -0.766. The molecule has 0 saturated carbocycles. The van der Waals surface area contributed by atoms with Crippen LogP contribution in [0.2, 0.25) is 0 Å². The first kappa shape index (κ1) is 11.4. The van der Waals surface area contributed by atoms with E-state index in [1.165, 1.54) is 0 Å². The molecule has 0 aliphatic carbocycles. The molecule has 1 aliphatic heterocycles. The third-order valence-electron chi connectivity index (χ3n) is 3.55. The number of piperidine rings is 1. The van der Waals surface area contributed by atoms with E-state index >= 15 is 0 Å². The summed E-state index contributed by atoms with van der Waals surface area (Å²) in [7, 11) is 0. The summed E-state index contributed by atoms with van der Waals surface area (Å²) in [6.45, 7) is 1.69. The highest BCUT2D eigenvalue weighted by molar-refractivity contribution is 5.34. The Morgan fingerprint density at radius 3 is 2.56 bits per heavy atom. The number of benzene rings is 1. The van der Waals surface area contributed by atoms with Crippen molar-refractivity contribution in [2.75, 3.05) is 13.1 Å². The molecular formula is C14H17N3O. The summed E-state index contributed by atoms with van der Waals surface area (Å²) in [5.41, 5.74) is 1.11. The molecule has 1 fully saturated rings. The van der Waals surface area contributed by atoms with Crippen molar-refractivity contribution >= 4 is 0 Å². The summed E-state index contributed by atoms with van der Waals surface area (Å²) in [6.07, 6.45) is 3.21. The Morgan fingerprint density at radius 1 is 1.11 bits per heavy atom. The molecule has 0 amide bonds. The molecular weight excluding hydrogens is 226 g/mol. The number of para-hydroxylation sites is 1. The minimum Gasteiger partial charge on any atom is -0.383 e. The first-order valence-electron chi connectivity index (χ1n) is 6.33. The van der Waals surface area contributed by atoms with E-state index in [2.05, 4.69) is 10.4 Å². The SMILES string of the molecule is OC1(c2ccnn2-c2ccccc2)CCNCC1. The zero-order valence-corrected chi connectivity index (χ0v) is 10.2. The van der Waals surface area contributed by atoms with E-state index in [1.54, 1.807) is 6.20 Å². The highest BCUT2D eigenvalue weighted by Gasteiger charge is 2.34. The van der Waals surface area contributed by atoms with Crippen LogP contribution in [0.15, 0.2) is 42.6 Å². The quantitative estimate of drug-likeness (QED) is 0.839. The molecule has 3 rings (SSSR count). The number of aromatic nitrogens is 2. The molecule has 1 aromatic carbocycles. The van der Waals surface area contributed by atoms with Crippen LogP contribution in [0.1, 0.15) is 18.5 Å². The van der Waals surface area contributed by atoms with Crippen LogP contribution in [0.5, 0.6) is 0 Å². The second kappa shape index (κ2) is 4.55. The van der Waals surface area contributed by atoms with Gasteiger partial charge in [-0.25, -0.2) is 4.68 Å². The molecule has 1 aliphatic rings. The van der Waals surface area contributed by atoms with Crippen LogP contribution in [0.3, 0.4) is 0 Å². The van der Waals surface area contributed by atoms with E-state index < -0.39 is 5.60 Å². The van der Waals surface area contributed by atoms with Crippen molar-refractivity contribution in [3.05, 3.63) is 48.3 Å². The van der Waals surface area contributed by atoms with Gasteiger partial charge in [0, 0.05) is 6.20 Å². The number of hydrogen-bond donors (Lipinski definition) is 2. The van der Waals surface area contributed by atoms with Crippen LogP contribution >= 0.6 is 0 Å². The molecule has 94 valence electrons. The van der Waals surface area contributed by atoms with Crippen molar-refractivity contribution in [1.82, 2.24) is 15.1 Å². The molecule has 2 aromatic rings. The van der Waals surface area contributed by atoms with E-state index in [1.807, 2.05) is 41.1 Å². The summed E-state index contributed by atoms with van der Waals surface area (Å²) in [6, 6.07) is 11.9. The molecule has 1 aromatic heterocycles. The molecule has 2 N–H and O–H groups in total. The fourth-order valence-corrected chi connectivity index (χ4v) is 2.53. The lowest BCUT2D eigenvalue weighted by atomic mass is 9.89. The standard InChI is InChI=1S/C14H17N3O/c18-14(7-10-15-11-8-14)13-6-9-16-17(13)12-4-2-1-3-5-12/h1-6,9,15,18H,7-8,10-11H2. The molecule has 4 heteroatoms. The average molecular weight is 243 g/mol. The number of rotatable bonds is 2. The molecule has 4 nitrogen and oxygen atoms in total. The monoisotopic (exact) mass is 243 g/mol. The van der Waals surface area contributed by atoms with E-state index in [0.29, 0.717) is 0 Å². The minimum absolute atomic E-state index is 0.728. The summed E-state index contributed by atoms with van der Waals surface area (Å²) in [5.74, 6) is 0. The van der Waals surface area contributed by atoms with Crippen LogP contribution < -0.4 is 5.32 Å². The van der Waals surface area contributed by atoms with Gasteiger partial charge in [-0.05, 0) is 44.1 Å². The molecule has 0 bridgehead atoms. The lowest BCUT2D eigenvalue weighted by Crippen LogP contribution is -2.41. The number of nitrogens with zero attached hydrogens (tertiary/aromatic N) is 2. The summed E-state index contributed by atoms with van der Waals surface area (Å²) >= 11 is 0. The van der Waals surface area contributed by atoms with Gasteiger partial charge >= 0.3 is 0 Å². The van der Waals surface area contributed by atoms with Crippen LogP contribution in [0, 0.1) is 0 Å². The summed E-state index contributed by atoms with van der Waals surface area (Å²) in [5, 5.41) is 18.4. The van der Waals surface area contributed by atoms with E-state index in [9.17, 15) is 5.11 Å². The Kier molecular flexibility index (Phi) is 2.89. The normalized spacial score (nSPS) is 18.7. The second-order valence-electron chi connectivity index (χ2n) is 4.75. The highest BCUT2D eigenvalue weighted by atomic mass is 16.3. The zero-order valence-electron chi connectivity index (χ0n) is 10.2. The van der Waals surface area contributed by atoms with Gasteiger partial charge in [0.2, 0.25) is 0 Å². The van der Waals surface area contributed by atoms with Crippen molar-refractivity contribution < 1.29 is 5.11 Å². The number of aliphatic hydroxyl groups is 1. The average Bonchev–Trinajstić information content (AvgIpc) is 2.91. The van der Waals surface area contributed by atoms with Gasteiger partial charge in [0.15, 0.2) is 0 Å². The van der Waals surface area contributed by atoms with Crippen molar-refractivity contribution in [2.45, 2.75) is 18.4 Å². The van der Waals surface area contributed by atoms with Gasteiger partial charge in [0.25, 0.3) is 0 Å². The van der Waals surface area contributed by atoms with Crippen molar-refractivity contribution in [3.63, 3.8) is 0 Å². The Morgan fingerprint density at radius 2 is 1.83 bits per heavy atom. The van der Waals surface area contributed by atoms with Gasteiger partial charge in [0.05, 0.1) is 11.4 Å². The number of hydrogen-bond acceptors (Lipinski definition) is 3. The highest BCUT2D eigenvalue weighted by Crippen LogP contribution is 2.31. The smallest absolute Gasteiger partial charge is 0.109 e. The Bertz CT molecular complexity index is 515. The van der Waals surface area contributed by atoms with Crippen molar-refractivity contribution in [1.29, 1.82) is 0 Å². The molecule has 0 radical (unpaired) electrons. The first-order valence-corrected chi connectivity index (χ1v) is 6.33. The number of nitrogens with one attached hydrogen (secondary N) is 1. The molecule has 0 spiro atoms. The van der Waals surface area contributed by atoms with Crippen LogP contribution in [0.25, 0.3) is 5.69 Å². The first-order chi connectivity index (χ1) is 8.80. The van der Waals surface area contributed by atoms with Gasteiger partial charge < -0.3 is 10.4 Å². The van der Waals surface area contributed by atoms with Gasteiger partial charge in [-0.2, -0.15) is 5.10 Å². The third-order valence-corrected chi connectivity index (χ3v) is 3.55. The molecule has 0 unspecified atom stereocenters. The molecule has 1 saturated heterocycles. The maximum absolute atomic E-state index is 10.8. The maximum atomic E-state index is 10.8. The van der Waals surface area contributed by atoms with Gasteiger partial charge in [0.1, 0.15) is 5.60 Å². The Hall–Kier alpha value is -1.65. The van der Waals surface area contributed by atoms with Crippen LogP contribution in [0.4, 0.5) is 0 Å². The fraction of sp³-hybridized carbons (Fsp3) is 0.357. The van der Waals surface area contributed by atoms with E-state index in [4.69, 9.17) is 0 Å². The predicted molar refractivity (Wildman–Crippen MR) is 69.6 cm³/mol. The summed E-state index contributed by atoms with van der Waals surface area (Å²) in [4.78, 5) is 0. The topological polar surface area (TPSA) is 50.1 Å². The fourth-order valence-electron chi connectivity index (χ4n) is 2.53. The Labute approximate surface area is 106 Å². The van der Waals surface area contributed by atoms with E-state index in [-0.39, 0.29) is 0 Å². The Balaban J connectivity index is 2.01. The van der Waals surface area contributed by atoms with Crippen LogP contribution in [-0.4, -0.2) is 28.0 Å². The van der Waals surface area contributed by atoms with Crippen molar-refractivity contribution in [3.8, 4) is 5.69 Å². The van der Waals surface area contributed by atoms with Gasteiger partial charge in [-0.15, -0.1) is 0 Å². The molecule has 0 atom stereocenters. The maximum Gasteiger partial charge on any atom is 0.109 e. The largest absolute Gasteiger partial charge is 0.383 e. The lowest BCUT2D eigenvalue weighted by molar-refractivity contribution is -0.000278. The second-order valence-corrected chi connectivity index (χ2v) is 4.75. The zero-order chi connectivity index (χ0) is 12.4. The van der Waals surface area contributed by atoms with Crippen LogP contribution in [-0.2, 0) is 5.60 Å². The lowest BCUT2D eigenvalue weighted by Gasteiger charge is -2.32. The van der Waals surface area contributed by atoms with E-state index in [0.717, 1.165) is 37.3 Å². The third kappa shape index (κ3) is 1.94. The molecule has 18 heavy (non-hydrogen) atoms. The summed E-state index contributed by atoms with van der Waals surface area (Å²) < 4.78 is 1.84. The predicted octanol–water partition coefficient (Wildman–Crippen LogP) is 1.44. The van der Waals surface area contributed by atoms with Crippen molar-refractivity contribution in [2.24, 2.45) is 0 Å².